The molecule has 3 aromatic carbocycles. The van der Waals surface area contributed by atoms with Gasteiger partial charge in [-0.15, -0.1) is 0 Å². The maximum absolute atomic E-state index is 13.7. The molecule has 5 rings (SSSR count). The van der Waals surface area contributed by atoms with Gasteiger partial charge in [0, 0.05) is 23.6 Å². The highest BCUT2D eigenvalue weighted by molar-refractivity contribution is 6.30. The summed E-state index contributed by atoms with van der Waals surface area (Å²) in [5, 5.41) is 12.0. The number of carbonyl (C=O) groups is 1. The smallest absolute Gasteiger partial charge is 0.224 e. The van der Waals surface area contributed by atoms with Gasteiger partial charge in [-0.1, -0.05) is 48.0 Å². The molecule has 3 atom stereocenters. The third kappa shape index (κ3) is 3.93. The molecule has 1 aliphatic heterocycles. The third-order valence-electron chi connectivity index (χ3n) is 6.33. The van der Waals surface area contributed by atoms with Gasteiger partial charge in [-0.2, -0.15) is 0 Å². The molecule has 0 radical (unpaired) electrons. The Kier molecular flexibility index (Phi) is 5.51. The molecule has 0 saturated carbocycles. The number of aliphatic hydroxyl groups excluding tert-OH is 1. The van der Waals surface area contributed by atoms with E-state index in [4.69, 9.17) is 16.6 Å². The van der Waals surface area contributed by atoms with E-state index in [2.05, 4.69) is 0 Å². The van der Waals surface area contributed by atoms with Gasteiger partial charge in [0.05, 0.1) is 23.3 Å². The first-order valence-corrected chi connectivity index (χ1v) is 11.2. The highest BCUT2D eigenvalue weighted by Crippen LogP contribution is 2.48. The zero-order valence-electron chi connectivity index (χ0n) is 18.0. The molecule has 0 bridgehead atoms. The minimum absolute atomic E-state index is 0.0813. The Morgan fingerprint density at radius 2 is 1.70 bits per heavy atom. The average molecular weight is 461 g/mol. The number of fused-ring (bicyclic) bond motifs is 2. The number of para-hydroxylation sites is 2. The van der Waals surface area contributed by atoms with Gasteiger partial charge < -0.3 is 10.0 Å². The molecule has 1 heterocycles. The largest absolute Gasteiger partial charge is 0.512 e. The molecule has 1 amide bonds. The van der Waals surface area contributed by atoms with Crippen LogP contribution in [-0.2, 0) is 4.79 Å². The normalized spacial score (nSPS) is 21.9. The SMILES string of the molecule is CC(=O)N1c2ccccc2N=C2C[C@H](c3ccc(Cl)cc3)C=C(O)[C@@H]2[C@H]1c1ccc(F)cc1. The van der Waals surface area contributed by atoms with Crippen molar-refractivity contribution in [3.05, 3.63) is 107 Å². The zero-order valence-corrected chi connectivity index (χ0v) is 18.7. The van der Waals surface area contributed by atoms with E-state index in [-0.39, 0.29) is 23.4 Å². The van der Waals surface area contributed by atoms with Crippen LogP contribution in [0.1, 0.15) is 36.4 Å². The number of aliphatic imine (C=N–C) groups is 1. The van der Waals surface area contributed by atoms with Crippen molar-refractivity contribution < 1.29 is 14.3 Å². The van der Waals surface area contributed by atoms with Gasteiger partial charge in [-0.25, -0.2) is 4.39 Å². The van der Waals surface area contributed by atoms with E-state index in [1.165, 1.54) is 19.1 Å². The van der Waals surface area contributed by atoms with Crippen molar-refractivity contribution in [3.8, 4) is 0 Å². The summed E-state index contributed by atoms with van der Waals surface area (Å²) in [6, 6.07) is 20.5. The monoisotopic (exact) mass is 460 g/mol. The Labute approximate surface area is 196 Å². The van der Waals surface area contributed by atoms with Crippen molar-refractivity contribution >= 4 is 34.6 Å². The number of nitrogens with zero attached hydrogens (tertiary/aromatic N) is 2. The molecule has 33 heavy (non-hydrogen) atoms. The maximum atomic E-state index is 13.7. The minimum Gasteiger partial charge on any atom is -0.512 e. The molecule has 4 nitrogen and oxygen atoms in total. The number of carbonyl (C=O) groups excluding carboxylic acids is 1. The first-order valence-electron chi connectivity index (χ1n) is 10.8. The van der Waals surface area contributed by atoms with E-state index in [1.807, 2.05) is 54.6 Å². The molecular formula is C27H22ClFN2O2. The number of allylic oxidation sites excluding steroid dienone is 1. The van der Waals surface area contributed by atoms with Crippen LogP contribution in [0.2, 0.25) is 5.02 Å². The fourth-order valence-corrected chi connectivity index (χ4v) is 4.98. The summed E-state index contributed by atoms with van der Waals surface area (Å²) in [5.41, 5.74) is 3.86. The Morgan fingerprint density at radius 3 is 2.39 bits per heavy atom. The first kappa shape index (κ1) is 21.4. The van der Waals surface area contributed by atoms with Gasteiger partial charge in [-0.3, -0.25) is 9.79 Å². The van der Waals surface area contributed by atoms with E-state index in [0.29, 0.717) is 22.8 Å². The van der Waals surface area contributed by atoms with Crippen LogP contribution in [0, 0.1) is 11.7 Å². The van der Waals surface area contributed by atoms with Crippen LogP contribution in [0.5, 0.6) is 0 Å². The molecule has 0 saturated heterocycles. The van der Waals surface area contributed by atoms with Crippen molar-refractivity contribution in [3.63, 3.8) is 0 Å². The zero-order chi connectivity index (χ0) is 23.1. The van der Waals surface area contributed by atoms with Crippen LogP contribution in [0.15, 0.2) is 89.6 Å². The second kappa shape index (κ2) is 8.49. The minimum atomic E-state index is -0.562. The molecule has 3 aromatic rings. The number of rotatable bonds is 2. The van der Waals surface area contributed by atoms with Gasteiger partial charge in [0.1, 0.15) is 11.6 Å². The lowest BCUT2D eigenvalue weighted by Crippen LogP contribution is -2.41. The Bertz CT molecular complexity index is 1270. The number of anilines is 1. The molecule has 2 aliphatic rings. The summed E-state index contributed by atoms with van der Waals surface area (Å²) >= 11 is 6.06. The number of amides is 1. The molecule has 0 unspecified atom stereocenters. The molecule has 1 N–H and O–H groups in total. The van der Waals surface area contributed by atoms with E-state index >= 15 is 0 Å². The lowest BCUT2D eigenvalue weighted by molar-refractivity contribution is -0.117. The predicted octanol–water partition coefficient (Wildman–Crippen LogP) is 6.91. The summed E-state index contributed by atoms with van der Waals surface area (Å²) in [5.74, 6) is -1.02. The van der Waals surface area contributed by atoms with E-state index in [0.717, 1.165) is 16.8 Å². The predicted molar refractivity (Wildman–Crippen MR) is 129 cm³/mol. The fourth-order valence-electron chi connectivity index (χ4n) is 4.86. The number of halogens is 2. The highest BCUT2D eigenvalue weighted by atomic mass is 35.5. The number of aliphatic hydroxyl groups is 1. The van der Waals surface area contributed by atoms with E-state index < -0.39 is 12.0 Å². The van der Waals surface area contributed by atoms with Gasteiger partial charge >= 0.3 is 0 Å². The van der Waals surface area contributed by atoms with Crippen molar-refractivity contribution in [1.29, 1.82) is 0 Å². The van der Waals surface area contributed by atoms with Crippen LogP contribution in [-0.4, -0.2) is 16.7 Å². The summed E-state index contributed by atoms with van der Waals surface area (Å²) in [7, 11) is 0. The van der Waals surface area contributed by atoms with Crippen LogP contribution >= 0.6 is 11.6 Å². The molecule has 0 fully saturated rings. The maximum Gasteiger partial charge on any atom is 0.224 e. The van der Waals surface area contributed by atoms with Crippen molar-refractivity contribution in [2.24, 2.45) is 10.9 Å². The lowest BCUT2D eigenvalue weighted by Gasteiger charge is -2.38. The van der Waals surface area contributed by atoms with Crippen LogP contribution in [0.4, 0.5) is 15.8 Å². The van der Waals surface area contributed by atoms with Gasteiger partial charge in [0.25, 0.3) is 0 Å². The average Bonchev–Trinajstić information content (AvgIpc) is 2.94. The molecule has 0 aromatic heterocycles. The number of benzene rings is 3. The van der Waals surface area contributed by atoms with E-state index in [9.17, 15) is 14.3 Å². The van der Waals surface area contributed by atoms with E-state index in [1.54, 1.807) is 17.0 Å². The molecular weight excluding hydrogens is 439 g/mol. The Hall–Kier alpha value is -3.44. The molecule has 6 heteroatoms. The molecule has 166 valence electrons. The molecule has 0 spiro atoms. The standard InChI is InChI=1S/C27H22ClFN2O2/c1-16(32)31-24-5-3-2-4-22(24)30-23-14-19(17-6-10-20(28)11-7-17)15-25(33)26(23)27(31)18-8-12-21(29)13-9-18/h2-13,15,19,26-27,33H,14H2,1H3/t19-,26+,27+/m0/s1. The Morgan fingerprint density at radius 1 is 1.03 bits per heavy atom. The van der Waals surface area contributed by atoms with Crippen molar-refractivity contribution in [2.75, 3.05) is 4.90 Å². The van der Waals surface area contributed by atoms with Crippen LogP contribution in [0.25, 0.3) is 0 Å². The fraction of sp³-hybridized carbons (Fsp3) is 0.185. The van der Waals surface area contributed by atoms with Gasteiger partial charge in [0.15, 0.2) is 0 Å². The quantitative estimate of drug-likeness (QED) is 0.452. The first-order chi connectivity index (χ1) is 15.9. The van der Waals surface area contributed by atoms with Gasteiger partial charge in [-0.05, 0) is 60.0 Å². The van der Waals surface area contributed by atoms with Crippen molar-refractivity contribution in [1.82, 2.24) is 0 Å². The summed E-state index contributed by atoms with van der Waals surface area (Å²) in [6.07, 6.45) is 2.41. The highest BCUT2D eigenvalue weighted by Gasteiger charge is 2.43. The number of hydrogen-bond acceptors (Lipinski definition) is 3. The second-order valence-electron chi connectivity index (χ2n) is 8.41. The molecule has 1 aliphatic carbocycles. The van der Waals surface area contributed by atoms with Crippen LogP contribution in [0.3, 0.4) is 0 Å². The second-order valence-corrected chi connectivity index (χ2v) is 8.85. The van der Waals surface area contributed by atoms with Crippen LogP contribution < -0.4 is 4.90 Å². The summed E-state index contributed by atoms with van der Waals surface area (Å²) in [6.45, 7) is 1.50. The number of hydrogen-bond donors (Lipinski definition) is 1. The van der Waals surface area contributed by atoms with Gasteiger partial charge in [0.2, 0.25) is 5.91 Å². The third-order valence-corrected chi connectivity index (χ3v) is 6.58. The summed E-state index contributed by atoms with van der Waals surface area (Å²) in [4.78, 5) is 19.6. The topological polar surface area (TPSA) is 52.9 Å². The Balaban J connectivity index is 1.70. The van der Waals surface area contributed by atoms with Crippen molar-refractivity contribution in [2.45, 2.75) is 25.3 Å². The lowest BCUT2D eigenvalue weighted by atomic mass is 9.76. The summed E-state index contributed by atoms with van der Waals surface area (Å²) < 4.78 is 13.7.